The molecule has 1 aromatic heterocycles. The summed E-state index contributed by atoms with van der Waals surface area (Å²) in [5, 5.41) is 10.7. The van der Waals surface area contributed by atoms with Gasteiger partial charge in [0.2, 0.25) is 5.91 Å². The van der Waals surface area contributed by atoms with Gasteiger partial charge in [0.25, 0.3) is 0 Å². The number of hydrogen-bond donors (Lipinski definition) is 1. The second-order valence-corrected chi connectivity index (χ2v) is 8.58. The van der Waals surface area contributed by atoms with Crippen LogP contribution in [0.15, 0.2) is 42.1 Å². The Balaban J connectivity index is 2.27. The number of hydrogen-bond acceptors (Lipinski definition) is 6. The predicted molar refractivity (Wildman–Crippen MR) is 110 cm³/mol. The lowest BCUT2D eigenvalue weighted by molar-refractivity contribution is -0.119. The third-order valence-electron chi connectivity index (χ3n) is 4.10. The van der Waals surface area contributed by atoms with E-state index >= 15 is 0 Å². The summed E-state index contributed by atoms with van der Waals surface area (Å²) in [5.74, 6) is 0.240. The van der Waals surface area contributed by atoms with E-state index < -0.39 is 17.3 Å². The molecule has 1 aromatic carbocycles. The molecule has 0 saturated heterocycles. The molecule has 1 atom stereocenters. The molecule has 2 aromatic rings. The van der Waals surface area contributed by atoms with Gasteiger partial charge in [-0.05, 0) is 17.9 Å². The maximum Gasteiger partial charge on any atom is 0.413 e. The van der Waals surface area contributed by atoms with Crippen LogP contribution in [0.4, 0.5) is 4.79 Å². The van der Waals surface area contributed by atoms with Crippen LogP contribution in [-0.2, 0) is 21.5 Å². The van der Waals surface area contributed by atoms with Gasteiger partial charge in [-0.1, -0.05) is 62.9 Å². The number of thioether (sulfide) groups is 1. The Hall–Kier alpha value is -2.61. The van der Waals surface area contributed by atoms with Crippen LogP contribution in [0.2, 0.25) is 0 Å². The van der Waals surface area contributed by atoms with Crippen molar-refractivity contribution in [2.24, 2.45) is 0 Å². The summed E-state index contributed by atoms with van der Waals surface area (Å²) in [4.78, 5) is 23.3. The number of ether oxygens (including phenoxy) is 1. The maximum atomic E-state index is 12.1. The van der Waals surface area contributed by atoms with Gasteiger partial charge in [-0.2, -0.15) is 0 Å². The first-order valence-corrected chi connectivity index (χ1v) is 9.75. The van der Waals surface area contributed by atoms with Crippen LogP contribution < -0.4 is 5.32 Å². The third-order valence-corrected chi connectivity index (χ3v) is 5.18. The minimum atomic E-state index is -0.787. The van der Waals surface area contributed by atoms with Crippen molar-refractivity contribution in [3.63, 3.8) is 0 Å². The number of nitrogens with one attached hydrogen (secondary N) is 1. The molecule has 150 valence electrons. The Labute approximate surface area is 169 Å². The summed E-state index contributed by atoms with van der Waals surface area (Å²) < 4.78 is 6.35. The molecule has 28 heavy (non-hydrogen) atoms. The molecular weight excluding hydrogens is 376 g/mol. The molecule has 2 rings (SSSR count). The second-order valence-electron chi connectivity index (χ2n) is 7.27. The Morgan fingerprint density at radius 2 is 1.93 bits per heavy atom. The minimum absolute atomic E-state index is 0.0662. The first kappa shape index (κ1) is 21.7. The number of imide groups is 1. The van der Waals surface area contributed by atoms with Crippen molar-refractivity contribution in [1.82, 2.24) is 20.1 Å². The number of rotatable bonds is 6. The Bertz CT molecular complexity index is 853. The topological polar surface area (TPSA) is 86.1 Å². The van der Waals surface area contributed by atoms with Crippen molar-refractivity contribution >= 4 is 23.8 Å². The number of amides is 2. The van der Waals surface area contributed by atoms with Crippen molar-refractivity contribution in [1.29, 1.82) is 0 Å². The highest BCUT2D eigenvalue weighted by Crippen LogP contribution is 2.29. The lowest BCUT2D eigenvalue weighted by atomic mass is 9.87. The summed E-state index contributed by atoms with van der Waals surface area (Å²) in [6.45, 7) is 12.5. The average Bonchev–Trinajstić information content (AvgIpc) is 3.03. The van der Waals surface area contributed by atoms with E-state index in [-0.39, 0.29) is 5.41 Å². The van der Waals surface area contributed by atoms with Gasteiger partial charge in [0.05, 0.1) is 12.4 Å². The number of carbonyl (C=O) groups excluding carboxylic acids is 2. The fourth-order valence-electron chi connectivity index (χ4n) is 2.47. The van der Waals surface area contributed by atoms with Crippen LogP contribution in [0.3, 0.4) is 0 Å². The first-order chi connectivity index (χ1) is 13.2. The molecule has 0 aliphatic carbocycles. The molecule has 8 heteroatoms. The van der Waals surface area contributed by atoms with Gasteiger partial charge in [-0.15, -0.1) is 16.8 Å². The summed E-state index contributed by atoms with van der Waals surface area (Å²) in [6.07, 6.45) is 0.962. The fraction of sp³-hybridized carbons (Fsp3) is 0.400. The van der Waals surface area contributed by atoms with Crippen LogP contribution in [0.1, 0.15) is 33.3 Å². The highest BCUT2D eigenvalue weighted by molar-refractivity contribution is 8.00. The lowest BCUT2D eigenvalue weighted by Gasteiger charge is -2.19. The van der Waals surface area contributed by atoms with E-state index in [0.29, 0.717) is 17.5 Å². The van der Waals surface area contributed by atoms with Crippen LogP contribution in [0, 0.1) is 0 Å². The van der Waals surface area contributed by atoms with Crippen LogP contribution >= 0.6 is 11.8 Å². The lowest BCUT2D eigenvalue weighted by Crippen LogP contribution is -2.36. The molecule has 7 nitrogen and oxygen atoms in total. The van der Waals surface area contributed by atoms with Gasteiger partial charge in [0, 0.05) is 12.1 Å². The Morgan fingerprint density at radius 1 is 1.29 bits per heavy atom. The van der Waals surface area contributed by atoms with Gasteiger partial charge in [-0.25, -0.2) is 4.79 Å². The SMILES string of the molecule is C=CCn1c(S[C@@H](C)C(=O)NC(=O)OC)nnc1-c1ccc(C(C)(C)C)cc1. The average molecular weight is 403 g/mol. The number of carbonyl (C=O) groups is 2. The van der Waals surface area contributed by atoms with Crippen LogP contribution in [0.5, 0.6) is 0 Å². The van der Waals surface area contributed by atoms with E-state index in [1.54, 1.807) is 13.0 Å². The van der Waals surface area contributed by atoms with Crippen molar-refractivity contribution in [2.45, 2.75) is 50.1 Å². The summed E-state index contributed by atoms with van der Waals surface area (Å²) >= 11 is 1.22. The third kappa shape index (κ3) is 5.22. The van der Waals surface area contributed by atoms with Crippen LogP contribution in [0.25, 0.3) is 11.4 Å². The number of alkyl carbamates (subject to hydrolysis) is 1. The summed E-state index contributed by atoms with van der Waals surface area (Å²) in [7, 11) is 1.21. The maximum absolute atomic E-state index is 12.1. The molecule has 0 fully saturated rings. The summed E-state index contributed by atoms with van der Waals surface area (Å²) in [6, 6.07) is 8.21. The largest absolute Gasteiger partial charge is 0.453 e. The zero-order valence-electron chi connectivity index (χ0n) is 16.9. The van der Waals surface area contributed by atoms with E-state index in [9.17, 15) is 9.59 Å². The minimum Gasteiger partial charge on any atom is -0.453 e. The van der Waals surface area contributed by atoms with Crippen LogP contribution in [-0.4, -0.2) is 39.1 Å². The predicted octanol–water partition coefficient (Wildman–Crippen LogP) is 3.79. The summed E-state index contributed by atoms with van der Waals surface area (Å²) in [5.41, 5.74) is 2.23. The first-order valence-electron chi connectivity index (χ1n) is 8.87. The van der Waals surface area contributed by atoms with Crippen molar-refractivity contribution < 1.29 is 14.3 Å². The van der Waals surface area contributed by atoms with Crippen molar-refractivity contribution in [3.05, 3.63) is 42.5 Å². The van der Waals surface area contributed by atoms with E-state index in [1.807, 2.05) is 16.7 Å². The van der Waals surface area contributed by atoms with Gasteiger partial charge in [0.1, 0.15) is 0 Å². The zero-order chi connectivity index (χ0) is 20.9. The highest BCUT2D eigenvalue weighted by atomic mass is 32.2. The molecular formula is C20H26N4O3S. The Kier molecular flexibility index (Phi) is 7.01. The highest BCUT2D eigenvalue weighted by Gasteiger charge is 2.22. The fourth-order valence-corrected chi connectivity index (χ4v) is 3.33. The van der Waals surface area contributed by atoms with Gasteiger partial charge < -0.3 is 4.74 Å². The van der Waals surface area contributed by atoms with E-state index in [0.717, 1.165) is 5.56 Å². The molecule has 0 unspecified atom stereocenters. The molecule has 0 aliphatic heterocycles. The standard InChI is InChI=1S/C20H26N4O3S/c1-7-12-24-16(14-8-10-15(11-9-14)20(3,4)5)22-23-18(24)28-13(2)17(25)21-19(26)27-6/h7-11,13H,1,12H2,2-6H3,(H,21,25,26)/t13-/m0/s1. The molecule has 0 saturated carbocycles. The monoisotopic (exact) mass is 402 g/mol. The van der Waals surface area contributed by atoms with Gasteiger partial charge >= 0.3 is 6.09 Å². The molecule has 0 bridgehead atoms. The molecule has 0 spiro atoms. The van der Waals surface area contributed by atoms with E-state index in [2.05, 4.69) is 59.7 Å². The number of methoxy groups -OCH3 is 1. The van der Waals surface area contributed by atoms with Gasteiger partial charge in [-0.3, -0.25) is 14.7 Å². The van der Waals surface area contributed by atoms with E-state index in [4.69, 9.17) is 0 Å². The normalized spacial score (nSPS) is 12.3. The van der Waals surface area contributed by atoms with Crippen molar-refractivity contribution in [3.8, 4) is 11.4 Å². The molecule has 0 radical (unpaired) electrons. The second kappa shape index (κ2) is 9.05. The number of aromatic nitrogens is 3. The number of allylic oxidation sites excluding steroid dienone is 1. The van der Waals surface area contributed by atoms with E-state index in [1.165, 1.54) is 24.4 Å². The molecule has 2 amide bonds. The molecule has 0 aliphatic rings. The van der Waals surface area contributed by atoms with Gasteiger partial charge in [0.15, 0.2) is 11.0 Å². The Morgan fingerprint density at radius 3 is 2.46 bits per heavy atom. The van der Waals surface area contributed by atoms with Crippen molar-refractivity contribution in [2.75, 3.05) is 7.11 Å². The molecule has 1 heterocycles. The molecule has 1 N–H and O–H groups in total. The quantitative estimate of drug-likeness (QED) is 0.584. The number of benzene rings is 1. The number of nitrogens with zero attached hydrogens (tertiary/aromatic N) is 3. The smallest absolute Gasteiger partial charge is 0.413 e. The zero-order valence-corrected chi connectivity index (χ0v) is 17.7.